The summed E-state index contributed by atoms with van der Waals surface area (Å²) in [6.45, 7) is 9.30. The molecule has 19 heavy (non-hydrogen) atoms. The first-order valence-corrected chi connectivity index (χ1v) is 6.92. The number of nitrogens with zero attached hydrogens (tertiary/aromatic N) is 2. The van der Waals surface area contributed by atoms with Crippen molar-refractivity contribution in [1.82, 2.24) is 15.1 Å². The van der Waals surface area contributed by atoms with Gasteiger partial charge in [-0.3, -0.25) is 4.68 Å². The minimum Gasteiger partial charge on any atom is -0.312 e. The van der Waals surface area contributed by atoms with Crippen LogP contribution < -0.4 is 5.32 Å². The second kappa shape index (κ2) is 6.53. The molecule has 0 radical (unpaired) electrons. The van der Waals surface area contributed by atoms with Crippen LogP contribution >= 0.6 is 0 Å². The highest BCUT2D eigenvalue weighted by molar-refractivity contribution is 5.18. The lowest BCUT2D eigenvalue weighted by molar-refractivity contribution is 0.551. The van der Waals surface area contributed by atoms with Gasteiger partial charge in [0.2, 0.25) is 0 Å². The van der Waals surface area contributed by atoms with Gasteiger partial charge in [0.25, 0.3) is 0 Å². The Morgan fingerprint density at radius 2 is 1.95 bits per heavy atom. The summed E-state index contributed by atoms with van der Waals surface area (Å²) in [5.74, 6) is 0.680. The highest BCUT2D eigenvalue weighted by Crippen LogP contribution is 2.08. The van der Waals surface area contributed by atoms with Crippen LogP contribution in [0.25, 0.3) is 0 Å². The normalized spacial score (nSPS) is 11.2. The highest BCUT2D eigenvalue weighted by atomic mass is 15.3. The molecule has 0 bridgehead atoms. The van der Waals surface area contributed by atoms with E-state index in [1.54, 1.807) is 0 Å². The Morgan fingerprint density at radius 1 is 1.21 bits per heavy atom. The van der Waals surface area contributed by atoms with E-state index < -0.39 is 0 Å². The number of nitrogens with one attached hydrogen (secondary N) is 1. The van der Waals surface area contributed by atoms with Crippen LogP contribution in [-0.4, -0.2) is 16.3 Å². The van der Waals surface area contributed by atoms with Crippen LogP contribution in [0.3, 0.4) is 0 Å². The van der Waals surface area contributed by atoms with Crippen LogP contribution in [0.1, 0.15) is 30.7 Å². The molecule has 2 rings (SSSR count). The van der Waals surface area contributed by atoms with Crippen molar-refractivity contribution in [2.45, 2.75) is 33.9 Å². The van der Waals surface area contributed by atoms with Gasteiger partial charge in [-0.05, 0) is 24.9 Å². The van der Waals surface area contributed by atoms with Gasteiger partial charge in [0.15, 0.2) is 0 Å². The number of benzene rings is 1. The van der Waals surface area contributed by atoms with Crippen molar-refractivity contribution < 1.29 is 0 Å². The molecule has 0 unspecified atom stereocenters. The Bertz CT molecular complexity index is 500. The van der Waals surface area contributed by atoms with Gasteiger partial charge in [0.05, 0.1) is 12.2 Å². The van der Waals surface area contributed by atoms with Gasteiger partial charge in [0, 0.05) is 18.3 Å². The Hall–Kier alpha value is -1.61. The van der Waals surface area contributed by atoms with Crippen molar-refractivity contribution in [1.29, 1.82) is 0 Å². The Balaban J connectivity index is 1.96. The fourth-order valence-corrected chi connectivity index (χ4v) is 2.08. The predicted molar refractivity (Wildman–Crippen MR) is 79.1 cm³/mol. The first-order valence-electron chi connectivity index (χ1n) is 6.92. The lowest BCUT2D eigenvalue weighted by atomic mass is 10.2. The molecule has 0 aliphatic rings. The van der Waals surface area contributed by atoms with Crippen LogP contribution in [0, 0.1) is 12.8 Å². The van der Waals surface area contributed by atoms with Crippen molar-refractivity contribution in [3.63, 3.8) is 0 Å². The van der Waals surface area contributed by atoms with E-state index in [1.165, 1.54) is 11.1 Å². The largest absolute Gasteiger partial charge is 0.312 e. The molecule has 1 aromatic carbocycles. The van der Waals surface area contributed by atoms with Gasteiger partial charge < -0.3 is 5.32 Å². The second-order valence-electron chi connectivity index (χ2n) is 5.45. The fraction of sp³-hybridized carbons (Fsp3) is 0.438. The molecule has 1 N–H and O–H groups in total. The molecule has 0 amide bonds. The van der Waals surface area contributed by atoms with Crippen molar-refractivity contribution >= 4 is 0 Å². The summed E-state index contributed by atoms with van der Waals surface area (Å²) in [4.78, 5) is 0. The Labute approximate surface area is 115 Å². The van der Waals surface area contributed by atoms with Gasteiger partial charge in [-0.25, -0.2) is 0 Å². The van der Waals surface area contributed by atoms with E-state index in [4.69, 9.17) is 0 Å². The molecule has 1 heterocycles. The quantitative estimate of drug-likeness (QED) is 0.862. The molecule has 102 valence electrons. The SMILES string of the molecule is Cc1nn(Cc2ccccc2)cc1CNCC(C)C. The van der Waals surface area contributed by atoms with Gasteiger partial charge in [-0.1, -0.05) is 44.2 Å². The number of rotatable bonds is 6. The molecule has 0 spiro atoms. The smallest absolute Gasteiger partial charge is 0.0659 e. The van der Waals surface area contributed by atoms with E-state index in [2.05, 4.69) is 61.6 Å². The van der Waals surface area contributed by atoms with Crippen LogP contribution in [0.4, 0.5) is 0 Å². The third-order valence-electron chi connectivity index (χ3n) is 3.10. The second-order valence-corrected chi connectivity index (χ2v) is 5.45. The predicted octanol–water partition coefficient (Wildman–Crippen LogP) is 2.99. The first kappa shape index (κ1) is 13.8. The monoisotopic (exact) mass is 257 g/mol. The van der Waals surface area contributed by atoms with Gasteiger partial charge in [0.1, 0.15) is 0 Å². The molecule has 0 aliphatic carbocycles. The zero-order chi connectivity index (χ0) is 13.7. The topological polar surface area (TPSA) is 29.9 Å². The average Bonchev–Trinajstić information content (AvgIpc) is 2.70. The fourth-order valence-electron chi connectivity index (χ4n) is 2.08. The van der Waals surface area contributed by atoms with Crippen molar-refractivity contribution in [2.75, 3.05) is 6.54 Å². The Kier molecular flexibility index (Phi) is 4.74. The van der Waals surface area contributed by atoms with E-state index in [-0.39, 0.29) is 0 Å². The number of aromatic nitrogens is 2. The molecule has 3 nitrogen and oxygen atoms in total. The van der Waals surface area contributed by atoms with Gasteiger partial charge >= 0.3 is 0 Å². The molecule has 0 saturated heterocycles. The molecule has 0 atom stereocenters. The van der Waals surface area contributed by atoms with Gasteiger partial charge in [-0.15, -0.1) is 0 Å². The Morgan fingerprint density at radius 3 is 2.63 bits per heavy atom. The summed E-state index contributed by atoms with van der Waals surface area (Å²) in [7, 11) is 0. The van der Waals surface area contributed by atoms with Crippen molar-refractivity contribution in [3.8, 4) is 0 Å². The molecule has 3 heteroatoms. The molecule has 0 saturated carbocycles. The third-order valence-corrected chi connectivity index (χ3v) is 3.10. The molecule has 0 aliphatic heterocycles. The summed E-state index contributed by atoms with van der Waals surface area (Å²) in [5.41, 5.74) is 3.69. The maximum Gasteiger partial charge on any atom is 0.0659 e. The number of hydrogen-bond acceptors (Lipinski definition) is 2. The van der Waals surface area contributed by atoms with Crippen LogP contribution in [0.5, 0.6) is 0 Å². The zero-order valence-electron chi connectivity index (χ0n) is 12.1. The van der Waals surface area contributed by atoms with Crippen LogP contribution in [-0.2, 0) is 13.1 Å². The van der Waals surface area contributed by atoms with Crippen molar-refractivity contribution in [3.05, 3.63) is 53.3 Å². The number of hydrogen-bond donors (Lipinski definition) is 1. The molecule has 0 fully saturated rings. The van der Waals surface area contributed by atoms with Crippen LogP contribution in [0.2, 0.25) is 0 Å². The van der Waals surface area contributed by atoms with E-state index in [0.29, 0.717) is 5.92 Å². The molecular formula is C16H23N3. The molecule has 1 aromatic heterocycles. The van der Waals surface area contributed by atoms with Crippen LogP contribution in [0.15, 0.2) is 36.5 Å². The summed E-state index contributed by atoms with van der Waals surface area (Å²) >= 11 is 0. The molecule has 2 aromatic rings. The summed E-state index contributed by atoms with van der Waals surface area (Å²) < 4.78 is 2.02. The van der Waals surface area contributed by atoms with E-state index >= 15 is 0 Å². The van der Waals surface area contributed by atoms with E-state index in [0.717, 1.165) is 25.3 Å². The van der Waals surface area contributed by atoms with E-state index in [1.807, 2.05) is 10.7 Å². The summed E-state index contributed by atoms with van der Waals surface area (Å²) in [5, 5.41) is 8.05. The summed E-state index contributed by atoms with van der Waals surface area (Å²) in [6.07, 6.45) is 2.15. The maximum absolute atomic E-state index is 4.58. The van der Waals surface area contributed by atoms with E-state index in [9.17, 15) is 0 Å². The lowest BCUT2D eigenvalue weighted by Crippen LogP contribution is -2.19. The van der Waals surface area contributed by atoms with Crippen molar-refractivity contribution in [2.24, 2.45) is 5.92 Å². The molecular weight excluding hydrogens is 234 g/mol. The van der Waals surface area contributed by atoms with Gasteiger partial charge in [-0.2, -0.15) is 5.10 Å². The standard InChI is InChI=1S/C16H23N3/c1-13(2)9-17-10-16-12-19(18-14(16)3)11-15-7-5-4-6-8-15/h4-8,12-13,17H,9-11H2,1-3H3. The highest BCUT2D eigenvalue weighted by Gasteiger charge is 2.05. The minimum absolute atomic E-state index is 0.680. The zero-order valence-corrected chi connectivity index (χ0v) is 12.1. The lowest BCUT2D eigenvalue weighted by Gasteiger charge is -2.06. The minimum atomic E-state index is 0.680. The number of aryl methyl sites for hydroxylation is 1. The maximum atomic E-state index is 4.58. The summed E-state index contributed by atoms with van der Waals surface area (Å²) in [6, 6.07) is 10.4. The third kappa shape index (κ3) is 4.21. The first-order chi connectivity index (χ1) is 9.15. The average molecular weight is 257 g/mol.